The van der Waals surface area contributed by atoms with Gasteiger partial charge in [-0.15, -0.1) is 0 Å². The predicted octanol–water partition coefficient (Wildman–Crippen LogP) is 1.96. The second-order valence-electron chi connectivity index (χ2n) is 4.29. The van der Waals surface area contributed by atoms with Crippen LogP contribution in [0.3, 0.4) is 0 Å². The zero-order valence-corrected chi connectivity index (χ0v) is 11.5. The van der Waals surface area contributed by atoms with E-state index in [1.54, 1.807) is 12.4 Å². The second kappa shape index (κ2) is 5.75. The standard InChI is InChI=1S/C14H13N5S/c20-14(12-4-1-2-7-15-12)19-18-11-6-9-16-10-5-3-8-17-13(10)11/h1-5,7-8,16H,6,9H2,(H,19,20)/b18-11-. The fourth-order valence-corrected chi connectivity index (χ4v) is 2.16. The van der Waals surface area contributed by atoms with Crippen molar-refractivity contribution in [2.45, 2.75) is 6.42 Å². The number of nitrogens with one attached hydrogen (secondary N) is 2. The summed E-state index contributed by atoms with van der Waals surface area (Å²) >= 11 is 5.27. The minimum Gasteiger partial charge on any atom is -0.383 e. The van der Waals surface area contributed by atoms with Crippen LogP contribution in [-0.2, 0) is 0 Å². The molecule has 0 saturated heterocycles. The summed E-state index contributed by atoms with van der Waals surface area (Å²) in [6.45, 7) is 0.843. The van der Waals surface area contributed by atoms with E-state index in [9.17, 15) is 0 Å². The van der Waals surface area contributed by atoms with E-state index in [2.05, 4.69) is 25.8 Å². The highest BCUT2D eigenvalue weighted by atomic mass is 32.1. The van der Waals surface area contributed by atoms with Crippen LogP contribution in [0.2, 0.25) is 0 Å². The molecule has 0 spiro atoms. The Morgan fingerprint density at radius 3 is 2.95 bits per heavy atom. The number of pyridine rings is 2. The lowest BCUT2D eigenvalue weighted by Gasteiger charge is -2.18. The van der Waals surface area contributed by atoms with Crippen molar-refractivity contribution in [2.24, 2.45) is 5.10 Å². The molecule has 20 heavy (non-hydrogen) atoms. The summed E-state index contributed by atoms with van der Waals surface area (Å²) in [6, 6.07) is 9.49. The zero-order valence-electron chi connectivity index (χ0n) is 10.7. The van der Waals surface area contributed by atoms with Gasteiger partial charge in [-0.2, -0.15) is 5.10 Å². The fourth-order valence-electron chi connectivity index (χ4n) is 1.99. The number of hydrazone groups is 1. The van der Waals surface area contributed by atoms with Crippen LogP contribution >= 0.6 is 12.2 Å². The molecule has 0 aromatic carbocycles. The topological polar surface area (TPSA) is 62.2 Å². The number of hydrogen-bond acceptors (Lipinski definition) is 5. The molecule has 100 valence electrons. The van der Waals surface area contributed by atoms with Gasteiger partial charge < -0.3 is 5.32 Å². The van der Waals surface area contributed by atoms with Gasteiger partial charge in [0.2, 0.25) is 0 Å². The summed E-state index contributed by atoms with van der Waals surface area (Å²) in [7, 11) is 0. The van der Waals surface area contributed by atoms with Crippen LogP contribution in [-0.4, -0.2) is 27.2 Å². The van der Waals surface area contributed by atoms with Gasteiger partial charge in [0.1, 0.15) is 10.7 Å². The average Bonchev–Trinajstić information content (AvgIpc) is 2.53. The molecule has 3 heterocycles. The molecule has 0 radical (unpaired) electrons. The third-order valence-corrected chi connectivity index (χ3v) is 3.25. The highest BCUT2D eigenvalue weighted by Gasteiger charge is 2.16. The smallest absolute Gasteiger partial charge is 0.145 e. The van der Waals surface area contributed by atoms with Gasteiger partial charge in [-0.05, 0) is 24.3 Å². The lowest BCUT2D eigenvalue weighted by molar-refractivity contribution is 0.974. The second-order valence-corrected chi connectivity index (χ2v) is 4.70. The molecule has 3 rings (SSSR count). The summed E-state index contributed by atoms with van der Waals surface area (Å²) in [5.41, 5.74) is 6.38. The van der Waals surface area contributed by atoms with Gasteiger partial charge in [-0.3, -0.25) is 15.4 Å². The molecule has 0 amide bonds. The SMILES string of the molecule is S=C(N/N=C1/CCNc2cccnc21)c1ccccn1. The fraction of sp³-hybridized carbons (Fsp3) is 0.143. The number of thiocarbonyl (C=S) groups is 1. The number of fused-ring (bicyclic) bond motifs is 1. The van der Waals surface area contributed by atoms with Crippen LogP contribution in [0.1, 0.15) is 17.8 Å². The number of aromatic nitrogens is 2. The van der Waals surface area contributed by atoms with Crippen LogP contribution < -0.4 is 10.7 Å². The van der Waals surface area contributed by atoms with Gasteiger partial charge in [0.05, 0.1) is 17.1 Å². The third-order valence-electron chi connectivity index (χ3n) is 2.95. The van der Waals surface area contributed by atoms with Crippen molar-refractivity contribution >= 4 is 28.6 Å². The minimum atomic E-state index is 0.508. The van der Waals surface area contributed by atoms with Crippen molar-refractivity contribution in [3.05, 3.63) is 54.1 Å². The van der Waals surface area contributed by atoms with Gasteiger partial charge in [0.15, 0.2) is 0 Å². The summed E-state index contributed by atoms with van der Waals surface area (Å²) in [5.74, 6) is 0. The highest BCUT2D eigenvalue weighted by molar-refractivity contribution is 7.80. The van der Waals surface area contributed by atoms with Crippen LogP contribution in [0.15, 0.2) is 47.8 Å². The van der Waals surface area contributed by atoms with E-state index in [4.69, 9.17) is 12.2 Å². The quantitative estimate of drug-likeness (QED) is 0.651. The molecule has 1 aliphatic rings. The van der Waals surface area contributed by atoms with E-state index < -0.39 is 0 Å². The Morgan fingerprint density at radius 2 is 2.10 bits per heavy atom. The van der Waals surface area contributed by atoms with Crippen molar-refractivity contribution in [3.8, 4) is 0 Å². The van der Waals surface area contributed by atoms with Crippen LogP contribution in [0.25, 0.3) is 0 Å². The Hall–Kier alpha value is -2.34. The summed E-state index contributed by atoms with van der Waals surface area (Å²) in [4.78, 5) is 9.05. The van der Waals surface area contributed by atoms with E-state index in [1.165, 1.54) is 0 Å². The molecule has 0 aliphatic carbocycles. The lowest BCUT2D eigenvalue weighted by Crippen LogP contribution is -2.25. The molecule has 2 N–H and O–H groups in total. The van der Waals surface area contributed by atoms with Crippen LogP contribution in [0, 0.1) is 0 Å². The van der Waals surface area contributed by atoms with Gasteiger partial charge in [-0.25, -0.2) is 0 Å². The molecule has 0 unspecified atom stereocenters. The summed E-state index contributed by atoms with van der Waals surface area (Å²) < 4.78 is 0. The van der Waals surface area contributed by atoms with Gasteiger partial charge in [0, 0.05) is 25.4 Å². The maximum atomic E-state index is 5.27. The Morgan fingerprint density at radius 1 is 1.20 bits per heavy atom. The molecule has 1 aliphatic heterocycles. The monoisotopic (exact) mass is 283 g/mol. The molecule has 0 fully saturated rings. The Labute approximate surface area is 122 Å². The van der Waals surface area contributed by atoms with Crippen molar-refractivity contribution in [1.82, 2.24) is 15.4 Å². The minimum absolute atomic E-state index is 0.508. The normalized spacial score (nSPS) is 15.3. The Kier molecular flexibility index (Phi) is 3.64. The Balaban J connectivity index is 1.79. The molecular weight excluding hydrogens is 270 g/mol. The maximum Gasteiger partial charge on any atom is 0.145 e. The van der Waals surface area contributed by atoms with Gasteiger partial charge >= 0.3 is 0 Å². The summed E-state index contributed by atoms with van der Waals surface area (Å²) in [5, 5.41) is 7.68. The van der Waals surface area contributed by atoms with E-state index in [0.29, 0.717) is 10.7 Å². The number of nitrogens with zero attached hydrogens (tertiary/aromatic N) is 3. The third kappa shape index (κ3) is 2.65. The molecular formula is C14H13N5S. The predicted molar refractivity (Wildman–Crippen MR) is 83.0 cm³/mol. The van der Waals surface area contributed by atoms with E-state index in [0.717, 1.165) is 30.1 Å². The first-order valence-electron chi connectivity index (χ1n) is 6.32. The summed E-state index contributed by atoms with van der Waals surface area (Å²) in [6.07, 6.45) is 4.28. The van der Waals surface area contributed by atoms with Crippen LogP contribution in [0.5, 0.6) is 0 Å². The van der Waals surface area contributed by atoms with Crippen molar-refractivity contribution in [1.29, 1.82) is 0 Å². The highest BCUT2D eigenvalue weighted by Crippen LogP contribution is 2.18. The molecule has 0 bridgehead atoms. The van der Waals surface area contributed by atoms with E-state index >= 15 is 0 Å². The maximum absolute atomic E-state index is 5.27. The van der Waals surface area contributed by atoms with Crippen LogP contribution in [0.4, 0.5) is 5.69 Å². The van der Waals surface area contributed by atoms with E-state index in [1.807, 2.05) is 30.3 Å². The van der Waals surface area contributed by atoms with Crippen molar-refractivity contribution < 1.29 is 0 Å². The van der Waals surface area contributed by atoms with Gasteiger partial charge in [-0.1, -0.05) is 18.3 Å². The first-order chi connectivity index (χ1) is 9.84. The molecule has 5 nitrogen and oxygen atoms in total. The average molecular weight is 283 g/mol. The number of anilines is 1. The van der Waals surface area contributed by atoms with E-state index in [-0.39, 0.29) is 0 Å². The van der Waals surface area contributed by atoms with Gasteiger partial charge in [0.25, 0.3) is 0 Å². The Bertz CT molecular complexity index is 654. The zero-order chi connectivity index (χ0) is 13.8. The lowest BCUT2D eigenvalue weighted by atomic mass is 10.1. The number of rotatable bonds is 2. The molecule has 0 saturated carbocycles. The molecule has 6 heteroatoms. The van der Waals surface area contributed by atoms with Crippen molar-refractivity contribution in [3.63, 3.8) is 0 Å². The first kappa shape index (κ1) is 12.7. The number of hydrogen-bond donors (Lipinski definition) is 2. The van der Waals surface area contributed by atoms with Crippen molar-refractivity contribution in [2.75, 3.05) is 11.9 Å². The molecule has 2 aromatic rings. The largest absolute Gasteiger partial charge is 0.383 e. The molecule has 2 aromatic heterocycles. The molecule has 0 atom stereocenters. The first-order valence-corrected chi connectivity index (χ1v) is 6.72.